The molecule has 0 saturated carbocycles. The van der Waals surface area contributed by atoms with Crippen molar-refractivity contribution in [1.82, 2.24) is 0 Å². The van der Waals surface area contributed by atoms with Crippen LogP contribution < -0.4 is 16.8 Å². The van der Waals surface area contributed by atoms with Gasteiger partial charge in [0.15, 0.2) is 0 Å². The molecule has 5 N–H and O–H groups in total. The molecule has 6 heteroatoms. The summed E-state index contributed by atoms with van der Waals surface area (Å²) in [4.78, 5) is 24.5. The van der Waals surface area contributed by atoms with E-state index < -0.39 is 5.91 Å². The molecule has 0 aliphatic carbocycles. The Morgan fingerprint density at radius 2 is 1.88 bits per heavy atom. The number of thiophene rings is 1. The van der Waals surface area contributed by atoms with Crippen LogP contribution in [0.2, 0.25) is 0 Å². The largest absolute Gasteiger partial charge is 0.397 e. The van der Waals surface area contributed by atoms with Crippen molar-refractivity contribution in [3.63, 3.8) is 0 Å². The molecule has 0 spiro atoms. The van der Waals surface area contributed by atoms with Crippen LogP contribution in [0.25, 0.3) is 16.5 Å². The van der Waals surface area contributed by atoms with Crippen LogP contribution in [0.5, 0.6) is 0 Å². The van der Waals surface area contributed by atoms with Gasteiger partial charge in [-0.25, -0.2) is 0 Å². The van der Waals surface area contributed by atoms with E-state index in [1.54, 1.807) is 47.7 Å². The Balaban J connectivity index is 1.75. The van der Waals surface area contributed by atoms with Crippen LogP contribution in [0.4, 0.5) is 11.4 Å². The van der Waals surface area contributed by atoms with Gasteiger partial charge in [0.05, 0.1) is 11.4 Å². The normalized spacial score (nSPS) is 10.8. The standard InChI is InChI=1S/C20H17N3O2S/c21-16-8-7-14(18-5-2-10-26-18)12-17(16)23-19(24)9-6-13-3-1-4-15(11-13)20(22)25/h1-12H,21H2,(H2,22,25)(H,23,24)/b9-6+. The van der Waals surface area contributed by atoms with E-state index in [0.717, 1.165) is 10.4 Å². The number of nitrogen functional groups attached to an aromatic ring is 1. The highest BCUT2D eigenvalue weighted by Gasteiger charge is 2.06. The SMILES string of the molecule is NC(=O)c1cccc(/C=C/C(=O)Nc2cc(-c3cccs3)ccc2N)c1. The third kappa shape index (κ3) is 4.17. The fourth-order valence-electron chi connectivity index (χ4n) is 2.40. The van der Waals surface area contributed by atoms with Crippen molar-refractivity contribution >= 4 is 40.6 Å². The molecular formula is C20H17N3O2S. The maximum atomic E-state index is 12.2. The summed E-state index contributed by atoms with van der Waals surface area (Å²) in [6.07, 6.45) is 3.00. The van der Waals surface area contributed by atoms with Gasteiger partial charge in [0.2, 0.25) is 11.8 Å². The Morgan fingerprint density at radius 3 is 2.62 bits per heavy atom. The molecule has 0 saturated heterocycles. The first-order valence-electron chi connectivity index (χ1n) is 7.85. The van der Waals surface area contributed by atoms with Gasteiger partial charge in [0, 0.05) is 16.5 Å². The number of carbonyl (C=O) groups excluding carboxylic acids is 2. The lowest BCUT2D eigenvalue weighted by Gasteiger charge is -2.08. The highest BCUT2D eigenvalue weighted by molar-refractivity contribution is 7.13. The van der Waals surface area contributed by atoms with E-state index in [4.69, 9.17) is 11.5 Å². The number of carbonyl (C=O) groups is 2. The third-order valence-corrected chi connectivity index (χ3v) is 4.63. The van der Waals surface area contributed by atoms with Crippen molar-refractivity contribution in [1.29, 1.82) is 0 Å². The number of amides is 2. The van der Waals surface area contributed by atoms with Gasteiger partial charge >= 0.3 is 0 Å². The van der Waals surface area contributed by atoms with Crippen molar-refractivity contribution in [3.05, 3.63) is 77.2 Å². The van der Waals surface area contributed by atoms with Gasteiger partial charge < -0.3 is 16.8 Å². The zero-order valence-electron chi connectivity index (χ0n) is 13.8. The van der Waals surface area contributed by atoms with E-state index >= 15 is 0 Å². The van der Waals surface area contributed by atoms with Gasteiger partial charge in [-0.15, -0.1) is 11.3 Å². The summed E-state index contributed by atoms with van der Waals surface area (Å²) in [5.74, 6) is -0.827. The smallest absolute Gasteiger partial charge is 0.248 e. The molecule has 1 heterocycles. The highest BCUT2D eigenvalue weighted by Crippen LogP contribution is 2.30. The summed E-state index contributed by atoms with van der Waals surface area (Å²) in [7, 11) is 0. The second-order valence-electron chi connectivity index (χ2n) is 5.59. The van der Waals surface area contributed by atoms with Crippen LogP contribution >= 0.6 is 11.3 Å². The summed E-state index contributed by atoms with van der Waals surface area (Å²) in [6, 6.07) is 16.2. The van der Waals surface area contributed by atoms with Gasteiger partial charge in [0.25, 0.3) is 0 Å². The minimum Gasteiger partial charge on any atom is -0.397 e. The quantitative estimate of drug-likeness (QED) is 0.475. The minimum atomic E-state index is -0.511. The number of nitrogens with two attached hydrogens (primary N) is 2. The molecule has 0 aliphatic rings. The topological polar surface area (TPSA) is 98.2 Å². The van der Waals surface area contributed by atoms with Crippen molar-refractivity contribution in [3.8, 4) is 10.4 Å². The van der Waals surface area contributed by atoms with E-state index in [2.05, 4.69) is 5.32 Å². The van der Waals surface area contributed by atoms with Crippen molar-refractivity contribution < 1.29 is 9.59 Å². The molecule has 5 nitrogen and oxygen atoms in total. The minimum absolute atomic E-state index is 0.315. The van der Waals surface area contributed by atoms with Crippen LogP contribution in [-0.4, -0.2) is 11.8 Å². The molecule has 26 heavy (non-hydrogen) atoms. The van der Waals surface area contributed by atoms with Crippen molar-refractivity contribution in [2.45, 2.75) is 0 Å². The number of anilines is 2. The second-order valence-corrected chi connectivity index (χ2v) is 6.54. The van der Waals surface area contributed by atoms with Crippen LogP contribution in [0.3, 0.4) is 0 Å². The van der Waals surface area contributed by atoms with E-state index in [0.29, 0.717) is 22.5 Å². The molecule has 2 aromatic carbocycles. The van der Waals surface area contributed by atoms with E-state index in [9.17, 15) is 9.59 Å². The van der Waals surface area contributed by atoms with Gasteiger partial charge in [-0.1, -0.05) is 24.3 Å². The molecule has 0 fully saturated rings. The summed E-state index contributed by atoms with van der Waals surface area (Å²) in [5, 5.41) is 4.78. The molecule has 0 bridgehead atoms. The number of primary amides is 1. The molecule has 0 radical (unpaired) electrons. The highest BCUT2D eigenvalue weighted by atomic mass is 32.1. The molecule has 0 unspecified atom stereocenters. The monoisotopic (exact) mass is 363 g/mol. The Morgan fingerprint density at radius 1 is 1.04 bits per heavy atom. The Bertz CT molecular complexity index is 978. The van der Waals surface area contributed by atoms with Crippen molar-refractivity contribution in [2.24, 2.45) is 5.73 Å². The average Bonchev–Trinajstić information content (AvgIpc) is 3.17. The lowest BCUT2D eigenvalue weighted by Crippen LogP contribution is -2.11. The lowest BCUT2D eigenvalue weighted by atomic mass is 10.1. The van der Waals surface area contributed by atoms with Crippen LogP contribution in [0.1, 0.15) is 15.9 Å². The first kappa shape index (κ1) is 17.4. The molecule has 2 amide bonds. The molecule has 3 rings (SSSR count). The third-order valence-electron chi connectivity index (χ3n) is 3.72. The average molecular weight is 363 g/mol. The number of hydrogen-bond acceptors (Lipinski definition) is 4. The van der Waals surface area contributed by atoms with Crippen molar-refractivity contribution in [2.75, 3.05) is 11.1 Å². The van der Waals surface area contributed by atoms with Gasteiger partial charge in [-0.2, -0.15) is 0 Å². The predicted octanol–water partition coefficient (Wildman–Crippen LogP) is 3.75. The van der Waals surface area contributed by atoms with Gasteiger partial charge in [0.1, 0.15) is 0 Å². The van der Waals surface area contributed by atoms with Gasteiger partial charge in [-0.3, -0.25) is 9.59 Å². The first-order chi connectivity index (χ1) is 12.5. The lowest BCUT2D eigenvalue weighted by molar-refractivity contribution is -0.111. The van der Waals surface area contributed by atoms with E-state index in [1.807, 2.05) is 29.6 Å². The summed E-state index contributed by atoms with van der Waals surface area (Å²) >= 11 is 1.62. The number of nitrogens with one attached hydrogen (secondary N) is 1. The fourth-order valence-corrected chi connectivity index (χ4v) is 3.13. The zero-order chi connectivity index (χ0) is 18.5. The number of hydrogen-bond donors (Lipinski definition) is 3. The summed E-state index contributed by atoms with van der Waals surface area (Å²) in [6.45, 7) is 0. The summed E-state index contributed by atoms with van der Waals surface area (Å²) < 4.78 is 0. The Kier molecular flexibility index (Phi) is 5.15. The van der Waals surface area contributed by atoms with Crippen LogP contribution in [0, 0.1) is 0 Å². The van der Waals surface area contributed by atoms with Crippen LogP contribution in [-0.2, 0) is 4.79 Å². The molecule has 0 atom stereocenters. The Labute approximate surface area is 155 Å². The van der Waals surface area contributed by atoms with E-state index in [-0.39, 0.29) is 5.91 Å². The Hall–Kier alpha value is -3.38. The zero-order valence-corrected chi connectivity index (χ0v) is 14.6. The van der Waals surface area contributed by atoms with E-state index in [1.165, 1.54) is 6.08 Å². The number of rotatable bonds is 5. The van der Waals surface area contributed by atoms with Gasteiger partial charge in [-0.05, 0) is 52.9 Å². The molecular weight excluding hydrogens is 346 g/mol. The predicted molar refractivity (Wildman–Crippen MR) is 107 cm³/mol. The van der Waals surface area contributed by atoms with Crippen LogP contribution in [0.15, 0.2) is 66.1 Å². The first-order valence-corrected chi connectivity index (χ1v) is 8.73. The number of benzene rings is 2. The molecule has 0 aliphatic heterocycles. The molecule has 3 aromatic rings. The second kappa shape index (κ2) is 7.67. The summed E-state index contributed by atoms with van der Waals surface area (Å²) in [5.41, 5.74) is 14.3. The molecule has 130 valence electrons. The maximum Gasteiger partial charge on any atom is 0.248 e. The fraction of sp³-hybridized carbons (Fsp3) is 0. The molecule has 1 aromatic heterocycles. The maximum absolute atomic E-state index is 12.2.